The predicted molar refractivity (Wildman–Crippen MR) is 112 cm³/mol. The van der Waals surface area contributed by atoms with Crippen molar-refractivity contribution in [2.45, 2.75) is 44.7 Å². The Bertz CT molecular complexity index is 651. The molecule has 1 heterocycles. The van der Waals surface area contributed by atoms with E-state index in [0.717, 1.165) is 44.8 Å². The third kappa shape index (κ3) is 6.12. The maximum atomic E-state index is 11.9. The summed E-state index contributed by atoms with van der Waals surface area (Å²) in [5.74, 6) is 1.55. The maximum absolute atomic E-state index is 11.9. The summed E-state index contributed by atoms with van der Waals surface area (Å²) in [5, 5.41) is 9.65. The zero-order valence-corrected chi connectivity index (χ0v) is 17.0. The van der Waals surface area contributed by atoms with Gasteiger partial charge in [0.1, 0.15) is 12.3 Å². The number of benzene rings is 1. The van der Waals surface area contributed by atoms with Crippen LogP contribution in [0.1, 0.15) is 44.2 Å². The number of ether oxygens (including phenoxy) is 1. The summed E-state index contributed by atoms with van der Waals surface area (Å²) in [4.78, 5) is 18.9. The molecule has 1 atom stereocenters. The van der Waals surface area contributed by atoms with E-state index in [1.54, 1.807) is 7.11 Å². The fraction of sp³-hybridized carbons (Fsp3) is 0.619. The number of rotatable bonds is 9. The summed E-state index contributed by atoms with van der Waals surface area (Å²) >= 11 is 0. The van der Waals surface area contributed by atoms with Gasteiger partial charge in [-0.2, -0.15) is 0 Å². The fourth-order valence-corrected chi connectivity index (χ4v) is 3.52. The van der Waals surface area contributed by atoms with E-state index in [4.69, 9.17) is 4.74 Å². The van der Waals surface area contributed by atoms with Crippen LogP contribution in [0.15, 0.2) is 29.3 Å². The smallest absolute Gasteiger partial charge is 0.242 e. The van der Waals surface area contributed by atoms with Crippen LogP contribution in [0.3, 0.4) is 0 Å². The Morgan fingerprint density at radius 3 is 2.54 bits per heavy atom. The number of hydrogen-bond donors (Lipinski definition) is 3. The van der Waals surface area contributed by atoms with Crippen LogP contribution < -0.4 is 20.7 Å². The first kappa shape index (κ1) is 20.5. The monoisotopic (exact) mass is 387 g/mol. The molecule has 2 fully saturated rings. The molecular formula is C21H33N5O2. The summed E-state index contributed by atoms with van der Waals surface area (Å²) in [6.07, 6.45) is 4.66. The second-order valence-electron chi connectivity index (χ2n) is 7.45. The molecule has 1 aromatic carbocycles. The van der Waals surface area contributed by atoms with Gasteiger partial charge in [0.05, 0.1) is 13.2 Å². The third-order valence-electron chi connectivity index (χ3n) is 5.21. The first-order valence-electron chi connectivity index (χ1n) is 10.4. The summed E-state index contributed by atoms with van der Waals surface area (Å²) in [6, 6.07) is 8.93. The normalized spacial score (nSPS) is 18.6. The van der Waals surface area contributed by atoms with E-state index in [9.17, 15) is 4.79 Å². The quantitative estimate of drug-likeness (QED) is 0.444. The van der Waals surface area contributed by atoms with E-state index in [1.165, 1.54) is 18.4 Å². The molecule has 3 N–H and O–H groups in total. The van der Waals surface area contributed by atoms with Gasteiger partial charge in [0.2, 0.25) is 5.91 Å². The zero-order chi connectivity index (χ0) is 19.8. The van der Waals surface area contributed by atoms with Crippen molar-refractivity contribution in [3.8, 4) is 5.75 Å². The van der Waals surface area contributed by atoms with Gasteiger partial charge in [-0.05, 0) is 63.4 Å². The Morgan fingerprint density at radius 1 is 1.21 bits per heavy atom. The van der Waals surface area contributed by atoms with E-state index in [2.05, 4.69) is 38.0 Å². The highest BCUT2D eigenvalue weighted by molar-refractivity contribution is 5.85. The summed E-state index contributed by atoms with van der Waals surface area (Å²) in [7, 11) is 1.69. The zero-order valence-electron chi connectivity index (χ0n) is 17.0. The number of nitrogens with zero attached hydrogens (tertiary/aromatic N) is 2. The molecule has 1 saturated heterocycles. The summed E-state index contributed by atoms with van der Waals surface area (Å²) in [5.41, 5.74) is 1.26. The van der Waals surface area contributed by atoms with Crippen molar-refractivity contribution in [2.75, 3.05) is 39.8 Å². The molecule has 0 radical (unpaired) electrons. The van der Waals surface area contributed by atoms with Gasteiger partial charge < -0.3 is 20.7 Å². The van der Waals surface area contributed by atoms with Gasteiger partial charge in [-0.1, -0.05) is 12.1 Å². The first-order chi connectivity index (χ1) is 13.7. The van der Waals surface area contributed by atoms with Crippen LogP contribution in [-0.4, -0.2) is 62.6 Å². The molecule has 1 saturated carbocycles. The Balaban J connectivity index is 1.62. The molecule has 2 aliphatic rings. The number of methoxy groups -OCH3 is 1. The highest BCUT2D eigenvalue weighted by Gasteiger charge is 2.24. The van der Waals surface area contributed by atoms with Gasteiger partial charge in [-0.3, -0.25) is 9.69 Å². The lowest BCUT2D eigenvalue weighted by atomic mass is 10.1. The lowest BCUT2D eigenvalue weighted by Gasteiger charge is -2.29. The van der Waals surface area contributed by atoms with E-state index in [0.29, 0.717) is 12.0 Å². The molecule has 0 bridgehead atoms. The Hall–Kier alpha value is -2.28. The average Bonchev–Trinajstić information content (AvgIpc) is 3.36. The predicted octanol–water partition coefficient (Wildman–Crippen LogP) is 1.67. The molecule has 1 amide bonds. The van der Waals surface area contributed by atoms with Gasteiger partial charge in [0, 0.05) is 19.1 Å². The Kier molecular flexibility index (Phi) is 7.54. The molecule has 7 heteroatoms. The van der Waals surface area contributed by atoms with Crippen LogP contribution in [0, 0.1) is 0 Å². The van der Waals surface area contributed by atoms with Crippen LogP contribution >= 0.6 is 0 Å². The lowest BCUT2D eigenvalue weighted by Crippen LogP contribution is -2.43. The van der Waals surface area contributed by atoms with Gasteiger partial charge in [0.25, 0.3) is 0 Å². The van der Waals surface area contributed by atoms with Crippen molar-refractivity contribution in [3.05, 3.63) is 29.8 Å². The summed E-state index contributed by atoms with van der Waals surface area (Å²) < 4.78 is 5.29. The van der Waals surface area contributed by atoms with Crippen molar-refractivity contribution < 1.29 is 9.53 Å². The number of carbonyl (C=O) groups is 1. The minimum absolute atomic E-state index is 0.00838. The number of carbonyl (C=O) groups excluding carboxylic acids is 1. The van der Waals surface area contributed by atoms with E-state index < -0.39 is 0 Å². The number of hydrogen-bond acceptors (Lipinski definition) is 4. The largest absolute Gasteiger partial charge is 0.497 e. The molecule has 1 aliphatic heterocycles. The van der Waals surface area contributed by atoms with Crippen molar-refractivity contribution in [1.29, 1.82) is 0 Å². The lowest BCUT2D eigenvalue weighted by molar-refractivity contribution is -0.119. The highest BCUT2D eigenvalue weighted by Crippen LogP contribution is 2.26. The van der Waals surface area contributed by atoms with Crippen molar-refractivity contribution in [1.82, 2.24) is 20.9 Å². The van der Waals surface area contributed by atoms with Crippen molar-refractivity contribution >= 4 is 11.9 Å². The second-order valence-corrected chi connectivity index (χ2v) is 7.45. The molecule has 7 nitrogen and oxygen atoms in total. The number of amides is 1. The number of nitrogens with one attached hydrogen (secondary N) is 3. The summed E-state index contributed by atoms with van der Waals surface area (Å²) in [6.45, 7) is 5.90. The standard InChI is InChI=1S/C21H33N5O2/c1-3-22-21(24-15-20(27)25-17-8-9-17)23-14-19(26-12-4-5-13-26)16-6-10-18(28-2)11-7-16/h6-7,10-11,17,19H,3-5,8-9,12-15H2,1-2H3,(H,25,27)(H2,22,23,24). The van der Waals surface area contributed by atoms with Crippen LogP contribution in [-0.2, 0) is 4.79 Å². The Morgan fingerprint density at radius 2 is 1.93 bits per heavy atom. The van der Waals surface area contributed by atoms with Crippen LogP contribution in [0.4, 0.5) is 0 Å². The van der Waals surface area contributed by atoms with Gasteiger partial charge >= 0.3 is 0 Å². The average molecular weight is 388 g/mol. The molecule has 0 aromatic heterocycles. The number of likely N-dealkylation sites (tertiary alicyclic amines) is 1. The third-order valence-corrected chi connectivity index (χ3v) is 5.21. The minimum Gasteiger partial charge on any atom is -0.497 e. The van der Waals surface area contributed by atoms with Crippen LogP contribution in [0.2, 0.25) is 0 Å². The minimum atomic E-state index is -0.00838. The SMILES string of the molecule is CCNC(=NCC(=O)NC1CC1)NCC(c1ccc(OC)cc1)N1CCCC1. The van der Waals surface area contributed by atoms with Crippen molar-refractivity contribution in [2.24, 2.45) is 4.99 Å². The van der Waals surface area contributed by atoms with Gasteiger partial charge in [-0.25, -0.2) is 4.99 Å². The molecular weight excluding hydrogens is 354 g/mol. The topological polar surface area (TPSA) is 78.0 Å². The van der Waals surface area contributed by atoms with Crippen LogP contribution in [0.5, 0.6) is 5.75 Å². The number of aliphatic imine (C=N–C) groups is 1. The molecule has 1 aromatic rings. The molecule has 3 rings (SSSR count). The van der Waals surface area contributed by atoms with E-state index >= 15 is 0 Å². The van der Waals surface area contributed by atoms with E-state index in [-0.39, 0.29) is 18.5 Å². The van der Waals surface area contributed by atoms with E-state index in [1.807, 2.05) is 19.1 Å². The fourth-order valence-electron chi connectivity index (χ4n) is 3.52. The van der Waals surface area contributed by atoms with Gasteiger partial charge in [0.15, 0.2) is 5.96 Å². The number of guanidine groups is 1. The van der Waals surface area contributed by atoms with Crippen molar-refractivity contribution in [3.63, 3.8) is 0 Å². The maximum Gasteiger partial charge on any atom is 0.242 e. The molecule has 1 unspecified atom stereocenters. The van der Waals surface area contributed by atoms with Crippen LogP contribution in [0.25, 0.3) is 0 Å². The first-order valence-corrected chi connectivity index (χ1v) is 10.4. The molecule has 1 aliphatic carbocycles. The molecule has 0 spiro atoms. The van der Waals surface area contributed by atoms with Gasteiger partial charge in [-0.15, -0.1) is 0 Å². The highest BCUT2D eigenvalue weighted by atomic mass is 16.5. The molecule has 154 valence electrons. The Labute approximate surface area is 167 Å². The molecule has 28 heavy (non-hydrogen) atoms. The second kappa shape index (κ2) is 10.3.